The van der Waals surface area contributed by atoms with Crippen molar-refractivity contribution in [1.82, 2.24) is 0 Å². The summed E-state index contributed by atoms with van der Waals surface area (Å²) in [6, 6.07) is -0.426. The SMILES string of the molecule is CCOC1=NC(Cl)=NC2=NC(Cl)=NC21. The number of aliphatic imine (C=N–C) groups is 4. The molecule has 0 radical (unpaired) electrons. The molecule has 0 aromatic rings. The maximum Gasteiger partial charge on any atom is 0.227 e. The van der Waals surface area contributed by atoms with Crippen molar-refractivity contribution in [3.05, 3.63) is 0 Å². The molecule has 0 amide bonds. The quantitative estimate of drug-likeness (QED) is 0.631. The van der Waals surface area contributed by atoms with Gasteiger partial charge in [0.05, 0.1) is 6.61 Å². The van der Waals surface area contributed by atoms with E-state index in [1.807, 2.05) is 6.92 Å². The Hall–Kier alpha value is -0.940. The minimum atomic E-state index is -0.426. The van der Waals surface area contributed by atoms with E-state index in [9.17, 15) is 0 Å². The van der Waals surface area contributed by atoms with Gasteiger partial charge in [-0.05, 0) is 30.1 Å². The number of fused-ring (bicyclic) bond motifs is 1. The first-order valence-corrected chi connectivity index (χ1v) is 4.73. The number of amidine groups is 3. The lowest BCUT2D eigenvalue weighted by atomic mass is 10.3. The highest BCUT2D eigenvalue weighted by Gasteiger charge is 2.32. The second kappa shape index (κ2) is 3.67. The molecule has 1 atom stereocenters. The monoisotopic (exact) mass is 232 g/mol. The van der Waals surface area contributed by atoms with E-state index in [0.29, 0.717) is 18.3 Å². The number of rotatable bonds is 1. The van der Waals surface area contributed by atoms with E-state index < -0.39 is 6.04 Å². The summed E-state index contributed by atoms with van der Waals surface area (Å²) >= 11 is 11.3. The van der Waals surface area contributed by atoms with Crippen LogP contribution < -0.4 is 0 Å². The van der Waals surface area contributed by atoms with Gasteiger partial charge in [0, 0.05) is 0 Å². The number of hydrogen-bond donors (Lipinski definition) is 0. The van der Waals surface area contributed by atoms with Crippen molar-refractivity contribution in [1.29, 1.82) is 0 Å². The molecular formula is C7H6Cl2N4O. The normalized spacial score (nSPS) is 24.6. The van der Waals surface area contributed by atoms with Gasteiger partial charge < -0.3 is 4.74 Å². The first kappa shape index (κ1) is 9.61. The van der Waals surface area contributed by atoms with Crippen LogP contribution in [0.15, 0.2) is 20.0 Å². The second-order valence-electron chi connectivity index (χ2n) is 2.53. The Kier molecular flexibility index (Phi) is 2.52. The van der Waals surface area contributed by atoms with Crippen molar-refractivity contribution in [3.8, 4) is 0 Å². The molecule has 0 spiro atoms. The summed E-state index contributed by atoms with van der Waals surface area (Å²) in [4.78, 5) is 15.7. The summed E-state index contributed by atoms with van der Waals surface area (Å²) in [7, 11) is 0. The van der Waals surface area contributed by atoms with Crippen molar-refractivity contribution >= 4 is 45.5 Å². The zero-order valence-corrected chi connectivity index (χ0v) is 8.75. The van der Waals surface area contributed by atoms with Gasteiger partial charge in [0.15, 0.2) is 11.9 Å². The first-order chi connectivity index (χ1) is 6.70. The summed E-state index contributed by atoms with van der Waals surface area (Å²) in [6.45, 7) is 2.33. The Morgan fingerprint density at radius 3 is 2.71 bits per heavy atom. The van der Waals surface area contributed by atoms with Crippen LogP contribution in [0.3, 0.4) is 0 Å². The molecule has 14 heavy (non-hydrogen) atoms. The first-order valence-electron chi connectivity index (χ1n) is 3.98. The van der Waals surface area contributed by atoms with Crippen molar-refractivity contribution in [2.75, 3.05) is 6.61 Å². The second-order valence-corrected chi connectivity index (χ2v) is 3.21. The van der Waals surface area contributed by atoms with Gasteiger partial charge in [0.2, 0.25) is 16.5 Å². The molecule has 0 aliphatic carbocycles. The predicted molar refractivity (Wildman–Crippen MR) is 56.9 cm³/mol. The van der Waals surface area contributed by atoms with Crippen LogP contribution in [0.4, 0.5) is 0 Å². The molecule has 2 heterocycles. The molecule has 2 aliphatic heterocycles. The topological polar surface area (TPSA) is 58.7 Å². The summed E-state index contributed by atoms with van der Waals surface area (Å²) in [5, 5.41) is 0.234. The maximum atomic E-state index is 5.67. The highest BCUT2D eigenvalue weighted by Crippen LogP contribution is 2.17. The highest BCUT2D eigenvalue weighted by atomic mass is 35.5. The third-order valence-electron chi connectivity index (χ3n) is 1.62. The van der Waals surface area contributed by atoms with E-state index >= 15 is 0 Å². The number of ether oxygens (including phenoxy) is 1. The van der Waals surface area contributed by atoms with Crippen LogP contribution >= 0.6 is 23.2 Å². The fourth-order valence-corrected chi connectivity index (χ4v) is 1.49. The molecule has 0 aromatic carbocycles. The Bertz CT molecular complexity index is 385. The number of halogens is 2. The van der Waals surface area contributed by atoms with E-state index in [1.165, 1.54) is 0 Å². The molecule has 2 aliphatic rings. The fraction of sp³-hybridized carbons (Fsp3) is 0.429. The molecule has 0 N–H and O–H groups in total. The third-order valence-corrected chi connectivity index (χ3v) is 1.97. The van der Waals surface area contributed by atoms with Crippen LogP contribution in [-0.2, 0) is 4.74 Å². The lowest BCUT2D eigenvalue weighted by Gasteiger charge is -2.14. The zero-order valence-electron chi connectivity index (χ0n) is 7.24. The summed E-state index contributed by atoms with van der Waals surface area (Å²) in [5.41, 5.74) is 0. The Morgan fingerprint density at radius 1 is 1.21 bits per heavy atom. The van der Waals surface area contributed by atoms with E-state index in [2.05, 4.69) is 20.0 Å². The van der Waals surface area contributed by atoms with E-state index in [1.54, 1.807) is 0 Å². The maximum absolute atomic E-state index is 5.67. The van der Waals surface area contributed by atoms with Gasteiger partial charge in [0.25, 0.3) is 0 Å². The van der Waals surface area contributed by atoms with Gasteiger partial charge in [-0.2, -0.15) is 9.98 Å². The van der Waals surface area contributed by atoms with Crippen molar-refractivity contribution < 1.29 is 4.74 Å². The molecule has 74 valence electrons. The van der Waals surface area contributed by atoms with Gasteiger partial charge in [-0.3, -0.25) is 0 Å². The van der Waals surface area contributed by atoms with Gasteiger partial charge >= 0.3 is 0 Å². The van der Waals surface area contributed by atoms with Crippen LogP contribution in [-0.4, -0.2) is 35.0 Å². The lowest BCUT2D eigenvalue weighted by Crippen LogP contribution is -2.31. The molecule has 0 saturated heterocycles. The Morgan fingerprint density at radius 2 is 2.00 bits per heavy atom. The van der Waals surface area contributed by atoms with Crippen LogP contribution in [0.2, 0.25) is 0 Å². The Balaban J connectivity index is 2.33. The number of hydrogen-bond acceptors (Lipinski definition) is 5. The standard InChI is InChI=1S/C7H6Cl2N4O/c1-2-14-5-3-4(11-6(8)10-3)12-7(9)13-5/h3H,2H2,1H3. The van der Waals surface area contributed by atoms with E-state index in [-0.39, 0.29) is 10.6 Å². The molecular weight excluding hydrogens is 227 g/mol. The van der Waals surface area contributed by atoms with Crippen LogP contribution in [0.1, 0.15) is 6.92 Å². The highest BCUT2D eigenvalue weighted by molar-refractivity contribution is 6.69. The molecule has 0 saturated carbocycles. The van der Waals surface area contributed by atoms with Crippen LogP contribution in [0.25, 0.3) is 0 Å². The van der Waals surface area contributed by atoms with Gasteiger partial charge in [-0.1, -0.05) is 0 Å². The average molecular weight is 233 g/mol. The minimum Gasteiger partial charge on any atom is -0.479 e. The number of nitrogens with zero attached hydrogens (tertiary/aromatic N) is 4. The van der Waals surface area contributed by atoms with Crippen molar-refractivity contribution in [2.45, 2.75) is 13.0 Å². The minimum absolute atomic E-state index is 0.0880. The van der Waals surface area contributed by atoms with Crippen LogP contribution in [0, 0.1) is 0 Å². The molecule has 7 heteroatoms. The predicted octanol–water partition coefficient (Wildman–Crippen LogP) is 1.41. The van der Waals surface area contributed by atoms with Crippen molar-refractivity contribution in [3.63, 3.8) is 0 Å². The zero-order chi connectivity index (χ0) is 10.1. The molecule has 5 nitrogen and oxygen atoms in total. The molecule has 0 aromatic heterocycles. The largest absolute Gasteiger partial charge is 0.479 e. The third kappa shape index (κ3) is 1.65. The molecule has 2 rings (SSSR count). The lowest BCUT2D eigenvalue weighted by molar-refractivity contribution is 0.318. The van der Waals surface area contributed by atoms with E-state index in [4.69, 9.17) is 27.9 Å². The smallest absolute Gasteiger partial charge is 0.227 e. The Labute approximate surface area is 90.2 Å². The molecule has 0 fully saturated rings. The average Bonchev–Trinajstić information content (AvgIpc) is 2.45. The summed E-state index contributed by atoms with van der Waals surface area (Å²) in [5.74, 6) is 0.820. The molecule has 1 unspecified atom stereocenters. The summed E-state index contributed by atoms with van der Waals surface area (Å²) < 4.78 is 5.25. The van der Waals surface area contributed by atoms with Gasteiger partial charge in [-0.25, -0.2) is 9.98 Å². The fourth-order valence-electron chi connectivity index (χ4n) is 1.13. The van der Waals surface area contributed by atoms with Gasteiger partial charge in [0.1, 0.15) is 0 Å². The van der Waals surface area contributed by atoms with Crippen LogP contribution in [0.5, 0.6) is 0 Å². The summed E-state index contributed by atoms with van der Waals surface area (Å²) in [6.07, 6.45) is 0. The van der Waals surface area contributed by atoms with E-state index in [0.717, 1.165) is 0 Å². The van der Waals surface area contributed by atoms with Crippen molar-refractivity contribution in [2.24, 2.45) is 20.0 Å². The van der Waals surface area contributed by atoms with Gasteiger partial charge in [-0.15, -0.1) is 0 Å². The molecule has 0 bridgehead atoms.